The second-order valence-corrected chi connectivity index (χ2v) is 10.5. The van der Waals surface area contributed by atoms with Crippen molar-refractivity contribution in [2.24, 2.45) is 11.7 Å². The lowest BCUT2D eigenvalue weighted by Gasteiger charge is -2.36. The number of rotatable bonds is 13. The smallest absolute Gasteiger partial charge is 0.245 e. The summed E-state index contributed by atoms with van der Waals surface area (Å²) in [6.45, 7) is 5.68. The van der Waals surface area contributed by atoms with Crippen LogP contribution < -0.4 is 15.8 Å². The number of benzene rings is 3. The van der Waals surface area contributed by atoms with Gasteiger partial charge in [-0.05, 0) is 35.2 Å². The molecule has 1 fully saturated rings. The van der Waals surface area contributed by atoms with Gasteiger partial charge in [0, 0.05) is 45.1 Å². The number of ether oxygens (including phenoxy) is 1. The van der Waals surface area contributed by atoms with Crippen LogP contribution in [0.2, 0.25) is 0 Å². The van der Waals surface area contributed by atoms with E-state index in [0.717, 1.165) is 36.5 Å². The topological polar surface area (TPSA) is 105 Å². The maximum absolute atomic E-state index is 13.7. The lowest BCUT2D eigenvalue weighted by Crippen LogP contribution is -2.55. The van der Waals surface area contributed by atoms with Crippen LogP contribution in [0.5, 0.6) is 5.75 Å². The third-order valence-electron chi connectivity index (χ3n) is 7.30. The number of primary amides is 1. The third kappa shape index (κ3) is 9.46. The number of nitrogens with zero attached hydrogens (tertiary/aromatic N) is 2. The molecule has 0 aromatic heterocycles. The number of hydrogen-bond acceptors (Lipinski definition) is 5. The van der Waals surface area contributed by atoms with Crippen molar-refractivity contribution in [2.75, 3.05) is 26.2 Å². The summed E-state index contributed by atoms with van der Waals surface area (Å²) in [7, 11) is 0. The van der Waals surface area contributed by atoms with Gasteiger partial charge in [-0.1, -0.05) is 79.7 Å². The molecule has 0 spiro atoms. The molecule has 1 radical (unpaired) electrons. The summed E-state index contributed by atoms with van der Waals surface area (Å²) in [4.78, 5) is 42.0. The lowest BCUT2D eigenvalue weighted by molar-refractivity contribution is -0.137. The molecule has 41 heavy (non-hydrogen) atoms. The average Bonchev–Trinajstić information content (AvgIpc) is 3.00. The summed E-state index contributed by atoms with van der Waals surface area (Å²) in [5.74, 6) is -0.700. The van der Waals surface area contributed by atoms with Crippen LogP contribution in [0.3, 0.4) is 0 Å². The average molecular weight is 556 g/mol. The summed E-state index contributed by atoms with van der Waals surface area (Å²) in [6, 6.07) is 27.1. The van der Waals surface area contributed by atoms with Gasteiger partial charge in [-0.25, -0.2) is 0 Å². The molecule has 215 valence electrons. The van der Waals surface area contributed by atoms with E-state index < -0.39 is 17.9 Å². The Morgan fingerprint density at radius 1 is 0.854 bits per heavy atom. The number of piperazine rings is 1. The van der Waals surface area contributed by atoms with Gasteiger partial charge in [-0.2, -0.15) is 0 Å². The summed E-state index contributed by atoms with van der Waals surface area (Å²) in [5.41, 5.74) is 8.56. The van der Waals surface area contributed by atoms with Gasteiger partial charge in [-0.15, -0.1) is 0 Å². The normalized spacial score (nSPS) is 15.1. The molecule has 2 unspecified atom stereocenters. The van der Waals surface area contributed by atoms with Crippen LogP contribution in [0.25, 0.3) is 0 Å². The first kappa shape index (κ1) is 29.8. The first-order valence-corrected chi connectivity index (χ1v) is 14.1. The van der Waals surface area contributed by atoms with Crippen LogP contribution >= 0.6 is 0 Å². The van der Waals surface area contributed by atoms with Gasteiger partial charge in [0.15, 0.2) is 0 Å². The summed E-state index contributed by atoms with van der Waals surface area (Å²) in [6.07, 6.45) is 1.95. The molecule has 4 rings (SSSR count). The molecule has 0 saturated carbocycles. The molecule has 8 nitrogen and oxygen atoms in total. The monoisotopic (exact) mass is 555 g/mol. The van der Waals surface area contributed by atoms with E-state index in [1.54, 1.807) is 6.92 Å². The molecule has 3 aromatic carbocycles. The molecular weight excluding hydrogens is 516 g/mol. The van der Waals surface area contributed by atoms with Crippen LogP contribution in [0, 0.1) is 12.3 Å². The molecule has 0 bridgehead atoms. The Balaban J connectivity index is 1.37. The number of hydrogen-bond donors (Lipinski definition) is 2. The Hall–Kier alpha value is -4.17. The molecule has 8 heteroatoms. The van der Waals surface area contributed by atoms with Crippen molar-refractivity contribution < 1.29 is 19.1 Å². The van der Waals surface area contributed by atoms with Crippen LogP contribution in [0.1, 0.15) is 30.0 Å². The Kier molecular flexibility index (Phi) is 10.9. The van der Waals surface area contributed by atoms with Gasteiger partial charge in [0.1, 0.15) is 18.4 Å². The highest BCUT2D eigenvalue weighted by atomic mass is 16.5. The minimum atomic E-state index is -0.737. The van der Waals surface area contributed by atoms with Gasteiger partial charge in [-0.3, -0.25) is 19.3 Å². The molecule has 0 aliphatic carbocycles. The maximum atomic E-state index is 13.7. The molecule has 3 amide bonds. The van der Waals surface area contributed by atoms with E-state index in [1.807, 2.05) is 77.7 Å². The number of nitrogens with two attached hydrogens (primary N) is 1. The maximum Gasteiger partial charge on any atom is 0.245 e. The molecule has 1 aliphatic rings. The highest BCUT2D eigenvalue weighted by molar-refractivity contribution is 5.92. The minimum absolute atomic E-state index is 0.113. The van der Waals surface area contributed by atoms with E-state index in [4.69, 9.17) is 10.5 Å². The third-order valence-corrected chi connectivity index (χ3v) is 7.30. The summed E-state index contributed by atoms with van der Waals surface area (Å²) >= 11 is 0. The SMILES string of the molecule is CC(C[CH]C(=O)NC(Cc1ccc(OCc2ccccc2)cc1)C(=O)N1CCN(Cc2ccccc2)CC1)C(N)=O. The van der Waals surface area contributed by atoms with Gasteiger partial charge in [0.05, 0.1) is 6.42 Å². The standard InChI is InChI=1S/C33H39N4O4/c1-25(32(34)39)12-17-31(38)35-30(22-26-13-15-29(16-14-26)41-24-28-10-6-3-7-11-28)33(40)37-20-18-36(19-21-37)23-27-8-4-2-5-9-27/h2-11,13-17,25,30H,12,18-24H2,1H3,(H2,34,39)(H,35,38). The van der Waals surface area contributed by atoms with Crippen molar-refractivity contribution in [3.8, 4) is 5.75 Å². The van der Waals surface area contributed by atoms with Crippen molar-refractivity contribution >= 4 is 17.7 Å². The van der Waals surface area contributed by atoms with Crippen molar-refractivity contribution in [1.82, 2.24) is 15.1 Å². The van der Waals surface area contributed by atoms with Crippen LogP contribution in [-0.2, 0) is 34.0 Å². The molecule has 3 aromatic rings. The molecule has 1 aliphatic heterocycles. The van der Waals surface area contributed by atoms with Crippen molar-refractivity contribution in [3.63, 3.8) is 0 Å². The van der Waals surface area contributed by atoms with Crippen molar-refractivity contribution in [1.29, 1.82) is 0 Å². The highest BCUT2D eigenvalue weighted by Gasteiger charge is 2.29. The molecule has 1 heterocycles. The van der Waals surface area contributed by atoms with E-state index in [0.29, 0.717) is 26.1 Å². The summed E-state index contributed by atoms with van der Waals surface area (Å²) in [5, 5.41) is 2.89. The fourth-order valence-electron chi connectivity index (χ4n) is 4.72. The number of nitrogens with one attached hydrogen (secondary N) is 1. The zero-order valence-electron chi connectivity index (χ0n) is 23.6. The predicted octanol–water partition coefficient (Wildman–Crippen LogP) is 3.35. The van der Waals surface area contributed by atoms with Crippen molar-refractivity contribution in [3.05, 3.63) is 108 Å². The van der Waals surface area contributed by atoms with E-state index in [-0.39, 0.29) is 18.2 Å². The Labute approximate surface area is 242 Å². The quantitative estimate of drug-likeness (QED) is 0.337. The van der Waals surface area contributed by atoms with E-state index >= 15 is 0 Å². The van der Waals surface area contributed by atoms with E-state index in [2.05, 4.69) is 22.3 Å². The zero-order chi connectivity index (χ0) is 29.0. The van der Waals surface area contributed by atoms with E-state index in [1.165, 1.54) is 12.0 Å². The zero-order valence-corrected chi connectivity index (χ0v) is 23.6. The predicted molar refractivity (Wildman–Crippen MR) is 158 cm³/mol. The second kappa shape index (κ2) is 15.0. The van der Waals surface area contributed by atoms with Crippen molar-refractivity contribution in [2.45, 2.75) is 39.0 Å². The van der Waals surface area contributed by atoms with Gasteiger partial charge in [0.25, 0.3) is 0 Å². The fraction of sp³-hybridized carbons (Fsp3) is 0.333. The lowest BCUT2D eigenvalue weighted by atomic mass is 10.0. The number of amides is 3. The van der Waals surface area contributed by atoms with E-state index in [9.17, 15) is 14.4 Å². The molecule has 2 atom stereocenters. The highest BCUT2D eigenvalue weighted by Crippen LogP contribution is 2.17. The van der Waals surface area contributed by atoms with Gasteiger partial charge < -0.3 is 20.7 Å². The van der Waals surface area contributed by atoms with Gasteiger partial charge >= 0.3 is 0 Å². The van der Waals surface area contributed by atoms with Gasteiger partial charge in [0.2, 0.25) is 17.7 Å². The Morgan fingerprint density at radius 3 is 2.07 bits per heavy atom. The molecular formula is C33H39N4O4. The van der Waals surface area contributed by atoms with Crippen LogP contribution in [0.15, 0.2) is 84.9 Å². The number of carbonyl (C=O) groups is 3. The minimum Gasteiger partial charge on any atom is -0.489 e. The largest absolute Gasteiger partial charge is 0.489 e. The second-order valence-electron chi connectivity index (χ2n) is 10.5. The first-order chi connectivity index (χ1) is 19.9. The van der Waals surface area contributed by atoms with Crippen LogP contribution in [-0.4, -0.2) is 59.7 Å². The first-order valence-electron chi connectivity index (χ1n) is 14.1. The fourth-order valence-corrected chi connectivity index (χ4v) is 4.72. The Bertz CT molecular complexity index is 1260. The van der Waals surface area contributed by atoms with Crippen LogP contribution in [0.4, 0.5) is 0 Å². The Morgan fingerprint density at radius 2 is 1.46 bits per heavy atom. The molecule has 3 N–H and O–H groups in total. The summed E-state index contributed by atoms with van der Waals surface area (Å²) < 4.78 is 5.89. The molecule has 1 saturated heterocycles. The number of carbonyl (C=O) groups excluding carboxylic acids is 3.